The minimum atomic E-state index is 0.0559. The molecule has 0 bridgehead atoms. The molecule has 0 saturated heterocycles. The summed E-state index contributed by atoms with van der Waals surface area (Å²) in [7, 11) is 0. The van der Waals surface area contributed by atoms with Crippen molar-refractivity contribution in [3.63, 3.8) is 0 Å². The topological polar surface area (TPSA) is 77.1 Å². The molecule has 2 aromatic rings. The van der Waals surface area contributed by atoms with Gasteiger partial charge in [-0.3, -0.25) is 4.79 Å². The second-order valence-electron chi connectivity index (χ2n) is 7.45. The third kappa shape index (κ3) is 3.91. The molecule has 28 heavy (non-hydrogen) atoms. The summed E-state index contributed by atoms with van der Waals surface area (Å²) in [5, 5.41) is 0. The van der Waals surface area contributed by atoms with E-state index in [4.69, 9.17) is 9.47 Å². The third-order valence-corrected chi connectivity index (χ3v) is 4.64. The molecule has 0 atom stereocenters. The number of rotatable bonds is 6. The monoisotopic (exact) mass is 377 g/mol. The van der Waals surface area contributed by atoms with Gasteiger partial charge in [0.25, 0.3) is 0 Å². The lowest BCUT2D eigenvalue weighted by molar-refractivity contribution is 0.0969. The number of fused-ring (bicyclic) bond motifs is 1. The molecule has 0 fully saturated rings. The highest BCUT2D eigenvalue weighted by molar-refractivity contribution is 6.05. The second-order valence-corrected chi connectivity index (χ2v) is 7.45. The Morgan fingerprint density at radius 3 is 3.00 bits per heavy atom. The van der Waals surface area contributed by atoms with Crippen molar-refractivity contribution in [1.29, 1.82) is 0 Å². The number of carbonyl (C=O) groups is 1. The largest absolute Gasteiger partial charge is 0.465 e. The fourth-order valence-electron chi connectivity index (χ4n) is 3.28. The quantitative estimate of drug-likeness (QED) is 0.714. The molecule has 2 aromatic heterocycles. The highest BCUT2D eigenvalue weighted by Crippen LogP contribution is 2.29. The van der Waals surface area contributed by atoms with Crippen LogP contribution in [0.1, 0.15) is 55.6 Å². The SMILES string of the molecule is CC(C)CC(=O)c1c[nH]c2ncc(C3=COC=C(CC4=CC=CCC4)O3)nc12. The number of nitrogens with one attached hydrogen (secondary N) is 1. The Kier molecular flexibility index (Phi) is 5.10. The fraction of sp³-hybridized carbons (Fsp3) is 0.318. The van der Waals surface area contributed by atoms with Crippen LogP contribution in [0.4, 0.5) is 0 Å². The molecule has 1 aliphatic heterocycles. The molecular weight excluding hydrogens is 354 g/mol. The van der Waals surface area contributed by atoms with Crippen LogP contribution in [0.15, 0.2) is 54.5 Å². The Bertz CT molecular complexity index is 1020. The molecule has 4 rings (SSSR count). The first kappa shape index (κ1) is 18.2. The average molecular weight is 377 g/mol. The number of aromatic amines is 1. The Labute approximate surface area is 163 Å². The van der Waals surface area contributed by atoms with E-state index < -0.39 is 0 Å². The van der Waals surface area contributed by atoms with E-state index in [1.165, 1.54) is 11.8 Å². The molecule has 1 aliphatic carbocycles. The Hall–Kier alpha value is -3.15. The summed E-state index contributed by atoms with van der Waals surface area (Å²) in [6.45, 7) is 4.04. The predicted molar refractivity (Wildman–Crippen MR) is 107 cm³/mol. The van der Waals surface area contributed by atoms with Crippen LogP contribution in [-0.4, -0.2) is 20.7 Å². The minimum absolute atomic E-state index is 0.0559. The maximum Gasteiger partial charge on any atom is 0.189 e. The van der Waals surface area contributed by atoms with Gasteiger partial charge in [0.05, 0.1) is 11.8 Å². The van der Waals surface area contributed by atoms with Gasteiger partial charge in [-0.05, 0) is 18.8 Å². The van der Waals surface area contributed by atoms with Crippen molar-refractivity contribution in [2.75, 3.05) is 0 Å². The van der Waals surface area contributed by atoms with Crippen molar-refractivity contribution in [1.82, 2.24) is 15.0 Å². The van der Waals surface area contributed by atoms with E-state index in [-0.39, 0.29) is 11.7 Å². The van der Waals surface area contributed by atoms with Crippen LogP contribution in [0.25, 0.3) is 16.9 Å². The van der Waals surface area contributed by atoms with Crippen LogP contribution in [0, 0.1) is 5.92 Å². The van der Waals surface area contributed by atoms with Crippen LogP contribution >= 0.6 is 0 Å². The highest BCUT2D eigenvalue weighted by atomic mass is 16.5. The first-order valence-electron chi connectivity index (χ1n) is 9.55. The van der Waals surface area contributed by atoms with Gasteiger partial charge in [-0.15, -0.1) is 0 Å². The summed E-state index contributed by atoms with van der Waals surface area (Å²) in [4.78, 5) is 24.6. The van der Waals surface area contributed by atoms with Crippen LogP contribution in [0.5, 0.6) is 0 Å². The van der Waals surface area contributed by atoms with E-state index >= 15 is 0 Å². The van der Waals surface area contributed by atoms with E-state index in [0.29, 0.717) is 41.0 Å². The van der Waals surface area contributed by atoms with Gasteiger partial charge in [0.1, 0.15) is 29.5 Å². The van der Waals surface area contributed by atoms with Crippen LogP contribution in [0.3, 0.4) is 0 Å². The van der Waals surface area contributed by atoms with Crippen LogP contribution in [-0.2, 0) is 9.47 Å². The molecule has 0 spiro atoms. The summed E-state index contributed by atoms with van der Waals surface area (Å²) in [6, 6.07) is 0. The summed E-state index contributed by atoms with van der Waals surface area (Å²) in [6.07, 6.45) is 16.0. The van der Waals surface area contributed by atoms with Crippen molar-refractivity contribution in [3.8, 4) is 0 Å². The predicted octanol–water partition coefficient (Wildman–Crippen LogP) is 5.04. The molecule has 0 unspecified atom stereocenters. The summed E-state index contributed by atoms with van der Waals surface area (Å²) in [5.74, 6) is 1.55. The zero-order chi connectivity index (χ0) is 19.5. The maximum atomic E-state index is 12.5. The van der Waals surface area contributed by atoms with Gasteiger partial charge in [-0.1, -0.05) is 37.6 Å². The van der Waals surface area contributed by atoms with E-state index in [1.807, 2.05) is 13.8 Å². The van der Waals surface area contributed by atoms with E-state index in [1.54, 1.807) is 18.7 Å². The van der Waals surface area contributed by atoms with Gasteiger partial charge in [0, 0.05) is 19.0 Å². The molecular formula is C22H23N3O3. The van der Waals surface area contributed by atoms with Crippen LogP contribution in [0.2, 0.25) is 0 Å². The number of allylic oxidation sites excluding steroid dienone is 4. The normalized spacial score (nSPS) is 16.3. The molecule has 2 aliphatic rings. The first-order chi connectivity index (χ1) is 13.6. The summed E-state index contributed by atoms with van der Waals surface area (Å²) < 4.78 is 11.5. The smallest absolute Gasteiger partial charge is 0.189 e. The molecule has 0 saturated carbocycles. The average Bonchev–Trinajstić information content (AvgIpc) is 3.12. The number of aromatic nitrogens is 3. The number of ether oxygens (including phenoxy) is 2. The number of ketones is 1. The molecule has 3 heterocycles. The van der Waals surface area contributed by atoms with Gasteiger partial charge in [-0.25, -0.2) is 9.97 Å². The summed E-state index contributed by atoms with van der Waals surface area (Å²) >= 11 is 0. The lowest BCUT2D eigenvalue weighted by Gasteiger charge is -2.18. The molecule has 0 aromatic carbocycles. The van der Waals surface area contributed by atoms with Gasteiger partial charge in [-0.2, -0.15) is 0 Å². The van der Waals surface area contributed by atoms with Gasteiger partial charge in [0.2, 0.25) is 0 Å². The van der Waals surface area contributed by atoms with E-state index in [0.717, 1.165) is 18.6 Å². The second kappa shape index (κ2) is 7.84. The van der Waals surface area contributed by atoms with Crippen molar-refractivity contribution in [2.45, 2.75) is 39.5 Å². The summed E-state index contributed by atoms with van der Waals surface area (Å²) in [5.41, 5.74) is 3.54. The highest BCUT2D eigenvalue weighted by Gasteiger charge is 2.19. The standard InChI is InChI=1S/C22H23N3O3/c1-14(2)8-19(26)17-10-23-22-21(17)25-18(11-24-22)20-13-27-12-16(28-20)9-15-6-4-3-5-7-15/h3-4,6,10-14H,5,7-9H2,1-2H3,(H,23,24). The zero-order valence-corrected chi connectivity index (χ0v) is 16.1. The number of hydrogen-bond acceptors (Lipinski definition) is 5. The Morgan fingerprint density at radius 1 is 1.32 bits per heavy atom. The third-order valence-electron chi connectivity index (χ3n) is 4.64. The molecule has 1 N–H and O–H groups in total. The number of nitrogens with zero attached hydrogens (tertiary/aromatic N) is 2. The van der Waals surface area contributed by atoms with Crippen molar-refractivity contribution in [3.05, 3.63) is 65.7 Å². The lowest BCUT2D eigenvalue weighted by Crippen LogP contribution is -2.05. The Balaban J connectivity index is 1.55. The van der Waals surface area contributed by atoms with Crippen molar-refractivity contribution >= 4 is 22.7 Å². The van der Waals surface area contributed by atoms with Crippen molar-refractivity contribution in [2.24, 2.45) is 5.92 Å². The molecule has 0 amide bonds. The molecule has 144 valence electrons. The van der Waals surface area contributed by atoms with E-state index in [2.05, 4.69) is 33.2 Å². The van der Waals surface area contributed by atoms with Gasteiger partial charge in [0.15, 0.2) is 17.2 Å². The number of H-pyrrole nitrogens is 1. The maximum absolute atomic E-state index is 12.5. The number of Topliss-reactive ketones (excluding diaryl/α,β-unsaturated/α-hetero) is 1. The van der Waals surface area contributed by atoms with Gasteiger partial charge >= 0.3 is 0 Å². The molecule has 6 heteroatoms. The Morgan fingerprint density at radius 2 is 2.21 bits per heavy atom. The molecule has 0 radical (unpaired) electrons. The van der Waals surface area contributed by atoms with Gasteiger partial charge < -0.3 is 14.5 Å². The number of carbonyl (C=O) groups excluding carboxylic acids is 1. The minimum Gasteiger partial charge on any atom is -0.465 e. The number of hydrogen-bond donors (Lipinski definition) is 1. The zero-order valence-electron chi connectivity index (χ0n) is 16.1. The fourth-order valence-corrected chi connectivity index (χ4v) is 3.28. The lowest BCUT2D eigenvalue weighted by atomic mass is 10.0. The molecule has 6 nitrogen and oxygen atoms in total. The first-order valence-corrected chi connectivity index (χ1v) is 9.55. The van der Waals surface area contributed by atoms with Crippen molar-refractivity contribution < 1.29 is 14.3 Å². The van der Waals surface area contributed by atoms with Crippen LogP contribution < -0.4 is 0 Å². The van der Waals surface area contributed by atoms with E-state index in [9.17, 15) is 4.79 Å².